The summed E-state index contributed by atoms with van der Waals surface area (Å²) in [7, 11) is 0. The lowest BCUT2D eigenvalue weighted by molar-refractivity contribution is 0.0374. The molecule has 1 heterocycles. The molecule has 0 radical (unpaired) electrons. The van der Waals surface area contributed by atoms with Gasteiger partial charge in [-0.05, 0) is 31.0 Å². The Balaban J connectivity index is 1.84. The highest BCUT2D eigenvalue weighted by Crippen LogP contribution is 2.21. The van der Waals surface area contributed by atoms with Gasteiger partial charge in [0.25, 0.3) is 0 Å². The summed E-state index contributed by atoms with van der Waals surface area (Å²) in [6.45, 7) is 4.12. The summed E-state index contributed by atoms with van der Waals surface area (Å²) < 4.78 is 31.8. The van der Waals surface area contributed by atoms with Crippen molar-refractivity contribution in [3.8, 4) is 5.75 Å². The Morgan fingerprint density at radius 3 is 2.61 bits per heavy atom. The van der Waals surface area contributed by atoms with Gasteiger partial charge in [-0.1, -0.05) is 0 Å². The third-order valence-electron chi connectivity index (χ3n) is 3.14. The smallest absolute Gasteiger partial charge is 0.165 e. The molecule has 1 aliphatic rings. The van der Waals surface area contributed by atoms with Crippen LogP contribution >= 0.6 is 0 Å². The van der Waals surface area contributed by atoms with E-state index in [0.29, 0.717) is 12.0 Å². The minimum absolute atomic E-state index is 0.318. The van der Waals surface area contributed by atoms with Crippen LogP contribution in [0, 0.1) is 11.6 Å². The third kappa shape index (κ3) is 3.40. The molecule has 3 nitrogen and oxygen atoms in total. The summed E-state index contributed by atoms with van der Waals surface area (Å²) in [5.74, 6) is -1.95. The number of ether oxygens (including phenoxy) is 1. The monoisotopic (exact) mass is 257 g/mol. The van der Waals surface area contributed by atoms with Crippen molar-refractivity contribution >= 4 is 0 Å². The summed E-state index contributed by atoms with van der Waals surface area (Å²) in [5.41, 5.74) is 0.318. The van der Waals surface area contributed by atoms with Crippen LogP contribution in [-0.2, 0) is 11.2 Å². The van der Waals surface area contributed by atoms with Crippen molar-refractivity contribution in [2.24, 2.45) is 0 Å². The maximum Gasteiger partial charge on any atom is 0.165 e. The van der Waals surface area contributed by atoms with E-state index in [9.17, 15) is 8.78 Å². The highest BCUT2D eigenvalue weighted by atomic mass is 19.1. The van der Waals surface area contributed by atoms with Gasteiger partial charge in [0.1, 0.15) is 5.82 Å². The number of nitrogens with zero attached hydrogens (tertiary/aromatic N) is 1. The minimum Gasteiger partial charge on any atom is -0.505 e. The molecule has 0 unspecified atom stereocenters. The molecule has 1 aromatic carbocycles. The van der Waals surface area contributed by atoms with Crippen LogP contribution < -0.4 is 0 Å². The number of aryl methyl sites for hydroxylation is 1. The Kier molecular flexibility index (Phi) is 4.49. The normalized spacial score (nSPS) is 17.0. The van der Waals surface area contributed by atoms with Crippen molar-refractivity contribution in [2.45, 2.75) is 12.8 Å². The fourth-order valence-electron chi connectivity index (χ4n) is 2.09. The molecule has 0 bridgehead atoms. The molecule has 2 rings (SSSR count). The highest BCUT2D eigenvalue weighted by molar-refractivity contribution is 5.29. The molecule has 1 aromatic rings. The average Bonchev–Trinajstić information content (AvgIpc) is 2.37. The second kappa shape index (κ2) is 6.11. The van der Waals surface area contributed by atoms with Gasteiger partial charge < -0.3 is 9.84 Å². The van der Waals surface area contributed by atoms with E-state index >= 15 is 0 Å². The lowest BCUT2D eigenvalue weighted by Crippen LogP contribution is -2.36. The van der Waals surface area contributed by atoms with Crippen LogP contribution in [0.2, 0.25) is 0 Å². The standard InChI is InChI=1S/C13H17F2NO2/c14-11-9-13(17)12(15)8-10(11)2-1-3-16-4-6-18-7-5-16/h8-9,17H,1-7H2. The van der Waals surface area contributed by atoms with E-state index in [4.69, 9.17) is 9.84 Å². The van der Waals surface area contributed by atoms with E-state index in [0.717, 1.165) is 51.4 Å². The Labute approximate surface area is 105 Å². The predicted octanol–water partition coefficient (Wildman–Crippen LogP) is 1.94. The first kappa shape index (κ1) is 13.2. The van der Waals surface area contributed by atoms with Crippen LogP contribution in [0.3, 0.4) is 0 Å². The van der Waals surface area contributed by atoms with E-state index in [1.54, 1.807) is 0 Å². The predicted molar refractivity (Wildman–Crippen MR) is 63.6 cm³/mol. The van der Waals surface area contributed by atoms with Gasteiger partial charge in [-0.3, -0.25) is 4.90 Å². The number of halogens is 2. The van der Waals surface area contributed by atoms with E-state index < -0.39 is 17.4 Å². The van der Waals surface area contributed by atoms with Crippen LogP contribution in [0.25, 0.3) is 0 Å². The van der Waals surface area contributed by atoms with E-state index in [-0.39, 0.29) is 0 Å². The number of phenols is 1. The number of benzene rings is 1. The molecule has 1 fully saturated rings. The molecule has 5 heteroatoms. The second-order valence-electron chi connectivity index (χ2n) is 4.45. The first-order valence-electron chi connectivity index (χ1n) is 6.14. The van der Waals surface area contributed by atoms with Crippen molar-refractivity contribution in [3.63, 3.8) is 0 Å². The molecule has 1 aliphatic heterocycles. The van der Waals surface area contributed by atoms with E-state index in [1.807, 2.05) is 0 Å². The Morgan fingerprint density at radius 1 is 1.17 bits per heavy atom. The molecule has 0 atom stereocenters. The van der Waals surface area contributed by atoms with Gasteiger partial charge in [0.05, 0.1) is 13.2 Å². The van der Waals surface area contributed by atoms with Crippen LogP contribution in [-0.4, -0.2) is 42.9 Å². The quantitative estimate of drug-likeness (QED) is 0.894. The zero-order valence-corrected chi connectivity index (χ0v) is 10.2. The summed E-state index contributed by atoms with van der Waals surface area (Å²) >= 11 is 0. The van der Waals surface area contributed by atoms with Crippen LogP contribution in [0.15, 0.2) is 12.1 Å². The average molecular weight is 257 g/mol. The SMILES string of the molecule is Oc1cc(F)c(CCCN2CCOCC2)cc1F. The zero-order valence-electron chi connectivity index (χ0n) is 10.2. The van der Waals surface area contributed by atoms with Crippen molar-refractivity contribution in [1.82, 2.24) is 4.90 Å². The fourth-order valence-corrected chi connectivity index (χ4v) is 2.09. The largest absolute Gasteiger partial charge is 0.505 e. The van der Waals surface area contributed by atoms with Gasteiger partial charge in [0.15, 0.2) is 11.6 Å². The molecule has 1 N–H and O–H groups in total. The lowest BCUT2D eigenvalue weighted by Gasteiger charge is -2.26. The first-order chi connectivity index (χ1) is 8.66. The van der Waals surface area contributed by atoms with E-state index in [1.165, 1.54) is 0 Å². The molecular formula is C13H17F2NO2. The topological polar surface area (TPSA) is 32.7 Å². The van der Waals surface area contributed by atoms with Crippen molar-refractivity contribution in [2.75, 3.05) is 32.8 Å². The second-order valence-corrected chi connectivity index (χ2v) is 4.45. The Hall–Kier alpha value is -1.20. The summed E-state index contributed by atoms with van der Waals surface area (Å²) in [4.78, 5) is 2.25. The fraction of sp³-hybridized carbons (Fsp3) is 0.538. The highest BCUT2D eigenvalue weighted by Gasteiger charge is 2.12. The van der Waals surface area contributed by atoms with Gasteiger partial charge in [-0.15, -0.1) is 0 Å². The van der Waals surface area contributed by atoms with Gasteiger partial charge in [0, 0.05) is 19.2 Å². The Morgan fingerprint density at radius 2 is 1.89 bits per heavy atom. The maximum atomic E-state index is 13.4. The zero-order chi connectivity index (χ0) is 13.0. The Bertz CT molecular complexity index is 406. The number of aromatic hydroxyl groups is 1. The molecule has 18 heavy (non-hydrogen) atoms. The number of hydrogen-bond acceptors (Lipinski definition) is 3. The van der Waals surface area contributed by atoms with Crippen molar-refractivity contribution in [1.29, 1.82) is 0 Å². The van der Waals surface area contributed by atoms with Gasteiger partial charge in [0.2, 0.25) is 0 Å². The molecule has 0 aromatic heterocycles. The van der Waals surface area contributed by atoms with Crippen LogP contribution in [0.1, 0.15) is 12.0 Å². The van der Waals surface area contributed by atoms with Crippen LogP contribution in [0.5, 0.6) is 5.75 Å². The molecule has 0 saturated carbocycles. The lowest BCUT2D eigenvalue weighted by atomic mass is 10.1. The molecule has 1 saturated heterocycles. The van der Waals surface area contributed by atoms with Gasteiger partial charge in [-0.25, -0.2) is 8.78 Å². The molecule has 0 amide bonds. The third-order valence-corrected chi connectivity index (χ3v) is 3.14. The number of rotatable bonds is 4. The summed E-state index contributed by atoms with van der Waals surface area (Å²) in [6, 6.07) is 1.91. The minimum atomic E-state index is -0.766. The summed E-state index contributed by atoms with van der Waals surface area (Å²) in [6.07, 6.45) is 1.24. The van der Waals surface area contributed by atoms with Gasteiger partial charge in [-0.2, -0.15) is 0 Å². The molecule has 0 spiro atoms. The first-order valence-corrected chi connectivity index (χ1v) is 6.14. The summed E-state index contributed by atoms with van der Waals surface area (Å²) in [5, 5.41) is 9.02. The molecular weight excluding hydrogens is 240 g/mol. The molecule has 100 valence electrons. The molecule has 0 aliphatic carbocycles. The van der Waals surface area contributed by atoms with Crippen molar-refractivity contribution < 1.29 is 18.6 Å². The van der Waals surface area contributed by atoms with Gasteiger partial charge >= 0.3 is 0 Å². The number of phenolic OH excluding ortho intramolecular Hbond substituents is 1. The van der Waals surface area contributed by atoms with Crippen LogP contribution in [0.4, 0.5) is 8.78 Å². The van der Waals surface area contributed by atoms with Crippen molar-refractivity contribution in [3.05, 3.63) is 29.3 Å². The number of hydrogen-bond donors (Lipinski definition) is 1. The maximum absolute atomic E-state index is 13.4. The number of morpholine rings is 1. The van der Waals surface area contributed by atoms with E-state index in [2.05, 4.69) is 4.90 Å².